The highest BCUT2D eigenvalue weighted by Gasteiger charge is 2.36. The Morgan fingerprint density at radius 2 is 1.19 bits per heavy atom. The molecular formula is C43H83NO9P+. The number of rotatable bonds is 39. The molecule has 1 saturated heterocycles. The third-order valence-electron chi connectivity index (χ3n) is 9.97. The molecule has 10 nitrogen and oxygen atoms in total. The van der Waals surface area contributed by atoms with E-state index in [2.05, 4.69) is 26.0 Å². The fourth-order valence-electron chi connectivity index (χ4n) is 6.37. The fraction of sp³-hybridized carbons (Fsp3) is 0.907. The summed E-state index contributed by atoms with van der Waals surface area (Å²) >= 11 is 0. The first-order valence-electron chi connectivity index (χ1n) is 22.0. The summed E-state index contributed by atoms with van der Waals surface area (Å²) < 4.78 is 40.1. The average molecular weight is 789 g/mol. The molecule has 3 unspecified atom stereocenters. The monoisotopic (exact) mass is 789 g/mol. The van der Waals surface area contributed by atoms with Gasteiger partial charge in [-0.15, -0.1) is 0 Å². The summed E-state index contributed by atoms with van der Waals surface area (Å²) in [5, 5.41) is 0. The van der Waals surface area contributed by atoms with Gasteiger partial charge in [-0.25, -0.2) is 4.57 Å². The third-order valence-corrected chi connectivity index (χ3v) is 11.0. The zero-order chi connectivity index (χ0) is 39.8. The van der Waals surface area contributed by atoms with E-state index in [1.54, 1.807) is 0 Å². The van der Waals surface area contributed by atoms with E-state index in [0.29, 0.717) is 29.7 Å². The van der Waals surface area contributed by atoms with Crippen LogP contribution in [0.1, 0.15) is 187 Å². The predicted molar refractivity (Wildman–Crippen MR) is 219 cm³/mol. The first-order valence-corrected chi connectivity index (χ1v) is 23.5. The van der Waals surface area contributed by atoms with E-state index in [-0.39, 0.29) is 32.0 Å². The third kappa shape index (κ3) is 32.9. The number of quaternary nitrogens is 1. The van der Waals surface area contributed by atoms with Crippen LogP contribution in [0.5, 0.6) is 0 Å². The number of epoxide rings is 1. The standard InChI is InChI=1S/C43H82NO9P/c1-6-8-10-12-14-15-16-17-18-19-20-21-25-30-34-43(46)52-39(38-51-54(47,48)50-36-35-44(3,4)5)37-49-42(45)33-29-26-22-24-28-32-41-40(53-41)31-27-23-13-11-9-7-2/h23,27,39-41H,6-22,24-26,28-38H2,1-5H3/p+1/b27-23-/t39-,40?,41?/m1/s1. The number of nitrogens with zero attached hydrogens (tertiary/aromatic N) is 1. The van der Waals surface area contributed by atoms with Gasteiger partial charge in [0.05, 0.1) is 40.0 Å². The molecule has 11 heteroatoms. The Morgan fingerprint density at radius 3 is 1.76 bits per heavy atom. The van der Waals surface area contributed by atoms with Crippen LogP contribution in [0.15, 0.2) is 12.2 Å². The van der Waals surface area contributed by atoms with Gasteiger partial charge in [0.2, 0.25) is 0 Å². The van der Waals surface area contributed by atoms with Crippen LogP contribution in [0.25, 0.3) is 0 Å². The highest BCUT2D eigenvalue weighted by atomic mass is 31.2. The van der Waals surface area contributed by atoms with Crippen molar-refractivity contribution in [2.75, 3.05) is 47.5 Å². The van der Waals surface area contributed by atoms with Gasteiger partial charge in [0.25, 0.3) is 0 Å². The molecule has 318 valence electrons. The number of phosphoric acid groups is 1. The van der Waals surface area contributed by atoms with Gasteiger partial charge in [-0.05, 0) is 38.5 Å². The van der Waals surface area contributed by atoms with Gasteiger partial charge >= 0.3 is 19.8 Å². The minimum Gasteiger partial charge on any atom is -0.462 e. The molecule has 0 bridgehead atoms. The summed E-state index contributed by atoms with van der Waals surface area (Å²) in [4.78, 5) is 35.4. The number of allylic oxidation sites excluding steroid dienone is 1. The van der Waals surface area contributed by atoms with Crippen molar-refractivity contribution in [1.29, 1.82) is 0 Å². The molecule has 1 rings (SSSR count). The van der Waals surface area contributed by atoms with Crippen molar-refractivity contribution in [1.82, 2.24) is 0 Å². The van der Waals surface area contributed by atoms with Gasteiger partial charge in [0.15, 0.2) is 6.10 Å². The number of hydrogen-bond acceptors (Lipinski definition) is 8. The number of hydrogen-bond donors (Lipinski definition) is 1. The van der Waals surface area contributed by atoms with Crippen molar-refractivity contribution in [3.63, 3.8) is 0 Å². The molecule has 1 aliphatic heterocycles. The molecule has 1 aliphatic rings. The lowest BCUT2D eigenvalue weighted by molar-refractivity contribution is -0.870. The van der Waals surface area contributed by atoms with Gasteiger partial charge in [0.1, 0.15) is 19.8 Å². The Hall–Kier alpha value is -1.29. The van der Waals surface area contributed by atoms with Crippen LogP contribution in [0.3, 0.4) is 0 Å². The maximum atomic E-state index is 12.7. The summed E-state index contributed by atoms with van der Waals surface area (Å²) in [7, 11) is 1.47. The number of esters is 2. The molecule has 0 radical (unpaired) electrons. The van der Waals surface area contributed by atoms with Crippen molar-refractivity contribution in [2.24, 2.45) is 0 Å². The summed E-state index contributed by atoms with van der Waals surface area (Å²) in [6, 6.07) is 0. The van der Waals surface area contributed by atoms with Crippen LogP contribution in [0.2, 0.25) is 0 Å². The van der Waals surface area contributed by atoms with E-state index in [0.717, 1.165) is 57.8 Å². The van der Waals surface area contributed by atoms with Crippen LogP contribution in [-0.2, 0) is 37.4 Å². The quantitative estimate of drug-likeness (QED) is 0.0162. The van der Waals surface area contributed by atoms with Gasteiger partial charge < -0.3 is 23.6 Å². The summed E-state index contributed by atoms with van der Waals surface area (Å²) in [6.45, 7) is 4.38. The van der Waals surface area contributed by atoms with Gasteiger partial charge in [0, 0.05) is 12.8 Å². The lowest BCUT2D eigenvalue weighted by atomic mass is 10.0. The molecule has 1 fully saturated rings. The van der Waals surface area contributed by atoms with E-state index >= 15 is 0 Å². The zero-order valence-corrected chi connectivity index (χ0v) is 36.3. The lowest BCUT2D eigenvalue weighted by Gasteiger charge is -2.24. The molecule has 54 heavy (non-hydrogen) atoms. The molecule has 0 saturated carbocycles. The van der Waals surface area contributed by atoms with Crippen LogP contribution >= 0.6 is 7.82 Å². The molecule has 1 heterocycles. The van der Waals surface area contributed by atoms with Crippen molar-refractivity contribution in [3.05, 3.63) is 12.2 Å². The normalized spacial score (nSPS) is 17.4. The highest BCUT2D eigenvalue weighted by molar-refractivity contribution is 7.47. The number of carbonyl (C=O) groups excluding carboxylic acids is 2. The largest absolute Gasteiger partial charge is 0.472 e. The highest BCUT2D eigenvalue weighted by Crippen LogP contribution is 2.43. The number of likely N-dealkylation sites (N-methyl/N-ethyl adjacent to an activating group) is 1. The van der Waals surface area contributed by atoms with Gasteiger partial charge in [-0.1, -0.05) is 148 Å². The Bertz CT molecular complexity index is 1000. The fourth-order valence-corrected chi connectivity index (χ4v) is 7.12. The zero-order valence-electron chi connectivity index (χ0n) is 35.4. The van der Waals surface area contributed by atoms with Gasteiger partial charge in [-0.3, -0.25) is 18.6 Å². The van der Waals surface area contributed by atoms with Gasteiger partial charge in [-0.2, -0.15) is 0 Å². The summed E-state index contributed by atoms with van der Waals surface area (Å²) in [6.07, 6.45) is 34.1. The molecular weight excluding hydrogens is 705 g/mol. The summed E-state index contributed by atoms with van der Waals surface area (Å²) in [5.41, 5.74) is 0. The molecule has 1 N–H and O–H groups in total. The first kappa shape index (κ1) is 50.7. The second kappa shape index (κ2) is 32.8. The van der Waals surface area contributed by atoms with E-state index in [9.17, 15) is 19.0 Å². The Morgan fingerprint density at radius 1 is 0.667 bits per heavy atom. The van der Waals surface area contributed by atoms with Crippen molar-refractivity contribution in [3.8, 4) is 0 Å². The van der Waals surface area contributed by atoms with Crippen molar-refractivity contribution < 1.29 is 46.8 Å². The Balaban J connectivity index is 2.28. The summed E-state index contributed by atoms with van der Waals surface area (Å²) in [5.74, 6) is -0.814. The minimum atomic E-state index is -4.38. The van der Waals surface area contributed by atoms with E-state index in [1.807, 2.05) is 21.1 Å². The maximum absolute atomic E-state index is 12.7. The number of phosphoric ester groups is 1. The lowest BCUT2D eigenvalue weighted by Crippen LogP contribution is -2.37. The van der Waals surface area contributed by atoms with Crippen molar-refractivity contribution in [2.45, 2.75) is 206 Å². The Labute approximate surface area is 331 Å². The number of unbranched alkanes of at least 4 members (excludes halogenated alkanes) is 20. The number of ether oxygens (including phenoxy) is 3. The van der Waals surface area contributed by atoms with Crippen LogP contribution in [-0.4, -0.2) is 87.1 Å². The van der Waals surface area contributed by atoms with E-state index in [4.69, 9.17) is 23.3 Å². The Kier molecular flexibility index (Phi) is 30.8. The molecule has 0 aliphatic carbocycles. The van der Waals surface area contributed by atoms with Crippen molar-refractivity contribution >= 4 is 19.8 Å². The minimum absolute atomic E-state index is 0.0293. The van der Waals surface area contributed by atoms with Crippen LogP contribution in [0.4, 0.5) is 0 Å². The number of carbonyl (C=O) groups is 2. The topological polar surface area (TPSA) is 121 Å². The average Bonchev–Trinajstić information content (AvgIpc) is 3.87. The smallest absolute Gasteiger partial charge is 0.462 e. The second-order valence-corrected chi connectivity index (χ2v) is 17.9. The molecule has 0 spiro atoms. The maximum Gasteiger partial charge on any atom is 0.472 e. The SMILES string of the molecule is CCCCC/C=C\CC1OC1CCCCCCCC(=O)OC[C@H](COP(=O)(O)OCC[N+](C)(C)C)OC(=O)CCCCCCCCCCCCCCCC. The predicted octanol–water partition coefficient (Wildman–Crippen LogP) is 11.2. The molecule has 0 aromatic heterocycles. The van der Waals surface area contributed by atoms with Crippen LogP contribution in [0, 0.1) is 0 Å². The van der Waals surface area contributed by atoms with Crippen LogP contribution < -0.4 is 0 Å². The van der Waals surface area contributed by atoms with E-state index < -0.39 is 26.5 Å². The molecule has 4 atom stereocenters. The molecule has 0 aromatic carbocycles. The second-order valence-electron chi connectivity index (χ2n) is 16.5. The molecule has 0 aromatic rings. The molecule has 0 amide bonds. The van der Waals surface area contributed by atoms with E-state index in [1.165, 1.54) is 96.3 Å². The first-order chi connectivity index (χ1) is 26.0.